The molecule has 0 saturated carbocycles. The van der Waals surface area contributed by atoms with E-state index in [1.54, 1.807) is 16.2 Å². The van der Waals surface area contributed by atoms with Gasteiger partial charge in [0.2, 0.25) is 5.91 Å². The zero-order chi connectivity index (χ0) is 18.5. The van der Waals surface area contributed by atoms with E-state index in [4.69, 9.17) is 0 Å². The number of hydrogen-bond acceptors (Lipinski definition) is 4. The van der Waals surface area contributed by atoms with Crippen molar-refractivity contribution < 1.29 is 9.59 Å². The van der Waals surface area contributed by atoms with Crippen molar-refractivity contribution in [2.45, 2.75) is 18.9 Å². The van der Waals surface area contributed by atoms with Crippen LogP contribution < -0.4 is 15.5 Å². The number of nitrogens with one attached hydrogen (secondary N) is 2. The molecule has 1 aliphatic rings. The fourth-order valence-electron chi connectivity index (χ4n) is 3.09. The number of anilines is 2. The Kier molecular flexibility index (Phi) is 5.90. The summed E-state index contributed by atoms with van der Waals surface area (Å²) in [6.07, 6.45) is 1.41. The number of benzene rings is 1. The van der Waals surface area contributed by atoms with Gasteiger partial charge in [-0.15, -0.1) is 11.3 Å². The quantitative estimate of drug-likeness (QED) is 0.818. The fourth-order valence-corrected chi connectivity index (χ4v) is 4.01. The highest BCUT2D eigenvalue weighted by Gasteiger charge is 2.24. The number of carbonyl (C=O) groups excluding carboxylic acids is 2. The van der Waals surface area contributed by atoms with Crippen LogP contribution in [0.2, 0.25) is 0 Å². The van der Waals surface area contributed by atoms with Crippen LogP contribution in [0.5, 0.6) is 0 Å². The van der Waals surface area contributed by atoms with Crippen molar-refractivity contribution >= 4 is 34.6 Å². The van der Waals surface area contributed by atoms with Gasteiger partial charge in [0.25, 0.3) is 0 Å². The summed E-state index contributed by atoms with van der Waals surface area (Å²) in [6, 6.07) is 11.4. The first-order valence-electron chi connectivity index (χ1n) is 8.70. The van der Waals surface area contributed by atoms with Crippen molar-refractivity contribution in [1.29, 1.82) is 0 Å². The molecule has 2 heterocycles. The second kappa shape index (κ2) is 8.33. The molecule has 1 atom stereocenters. The topological polar surface area (TPSA) is 64.7 Å². The Morgan fingerprint density at radius 3 is 2.73 bits per heavy atom. The highest BCUT2D eigenvalue weighted by Crippen LogP contribution is 2.29. The molecule has 1 aromatic carbocycles. The molecule has 2 N–H and O–H groups in total. The molecule has 0 unspecified atom stereocenters. The molecule has 6 nitrogen and oxygen atoms in total. The smallest absolute Gasteiger partial charge is 0.319 e. The van der Waals surface area contributed by atoms with Gasteiger partial charge in [0, 0.05) is 24.4 Å². The molecule has 0 spiro atoms. The Morgan fingerprint density at radius 2 is 2.08 bits per heavy atom. The summed E-state index contributed by atoms with van der Waals surface area (Å²) in [6.45, 7) is 1.20. The number of para-hydroxylation sites is 2. The van der Waals surface area contributed by atoms with Crippen LogP contribution in [0, 0.1) is 0 Å². The van der Waals surface area contributed by atoms with E-state index in [2.05, 4.69) is 21.6 Å². The summed E-state index contributed by atoms with van der Waals surface area (Å²) in [5.41, 5.74) is 1.41. The maximum Gasteiger partial charge on any atom is 0.319 e. The average Bonchev–Trinajstić information content (AvgIpc) is 3.27. The molecule has 0 aliphatic carbocycles. The summed E-state index contributed by atoms with van der Waals surface area (Å²) in [5, 5.41) is 7.87. The number of likely N-dealkylation sites (N-methyl/N-ethyl adjacent to an activating group) is 1. The van der Waals surface area contributed by atoms with Crippen molar-refractivity contribution in [3.05, 3.63) is 46.7 Å². The monoisotopic (exact) mass is 372 g/mol. The standard InChI is InChI=1S/C19H24N4O2S/c1-22(2)16(17-9-6-12-26-17)13-20-19(25)21-14-7-3-4-8-15(14)23-11-5-10-18(23)24/h3-4,6-9,12,16H,5,10-11,13H2,1-2H3,(H2,20,21,25)/t16-/m1/s1. The Hall–Kier alpha value is -2.38. The van der Waals surface area contributed by atoms with Crippen molar-refractivity contribution in [3.8, 4) is 0 Å². The van der Waals surface area contributed by atoms with Crippen LogP contribution in [0.25, 0.3) is 0 Å². The van der Waals surface area contributed by atoms with E-state index < -0.39 is 0 Å². The average molecular weight is 372 g/mol. The summed E-state index contributed by atoms with van der Waals surface area (Å²) in [7, 11) is 4.00. The summed E-state index contributed by atoms with van der Waals surface area (Å²) < 4.78 is 0. The van der Waals surface area contributed by atoms with Gasteiger partial charge in [0.05, 0.1) is 17.4 Å². The van der Waals surface area contributed by atoms with Gasteiger partial charge in [0.1, 0.15) is 0 Å². The molecule has 3 amide bonds. The summed E-state index contributed by atoms with van der Waals surface area (Å²) >= 11 is 1.68. The van der Waals surface area contributed by atoms with Crippen molar-refractivity contribution in [3.63, 3.8) is 0 Å². The van der Waals surface area contributed by atoms with Gasteiger partial charge < -0.3 is 20.4 Å². The maximum atomic E-state index is 12.4. The fraction of sp³-hybridized carbons (Fsp3) is 0.368. The van der Waals surface area contributed by atoms with Crippen LogP contribution in [0.1, 0.15) is 23.8 Å². The lowest BCUT2D eigenvalue weighted by atomic mass is 10.2. The minimum absolute atomic E-state index is 0.102. The molecule has 138 valence electrons. The van der Waals surface area contributed by atoms with Crippen LogP contribution >= 0.6 is 11.3 Å². The molecule has 1 saturated heterocycles. The van der Waals surface area contributed by atoms with E-state index in [0.717, 1.165) is 12.1 Å². The van der Waals surface area contributed by atoms with Gasteiger partial charge in [-0.2, -0.15) is 0 Å². The Balaban J connectivity index is 1.64. The predicted molar refractivity (Wildman–Crippen MR) is 106 cm³/mol. The SMILES string of the molecule is CN(C)[C@H](CNC(=O)Nc1ccccc1N1CCCC1=O)c1cccs1. The molecule has 26 heavy (non-hydrogen) atoms. The molecule has 0 radical (unpaired) electrons. The number of hydrogen-bond donors (Lipinski definition) is 2. The molecular formula is C19H24N4O2S. The summed E-state index contributed by atoms with van der Waals surface area (Å²) in [4.78, 5) is 29.5. The van der Waals surface area contributed by atoms with Crippen LogP contribution in [-0.4, -0.2) is 44.0 Å². The van der Waals surface area contributed by atoms with E-state index in [0.29, 0.717) is 25.2 Å². The Labute approximate surface area is 157 Å². The van der Waals surface area contributed by atoms with E-state index in [-0.39, 0.29) is 18.0 Å². The first kappa shape index (κ1) is 18.4. The molecule has 1 fully saturated rings. The lowest BCUT2D eigenvalue weighted by Gasteiger charge is -2.24. The zero-order valence-electron chi connectivity index (χ0n) is 15.1. The summed E-state index contributed by atoms with van der Waals surface area (Å²) in [5.74, 6) is 0.102. The molecule has 3 rings (SSSR count). The van der Waals surface area contributed by atoms with Gasteiger partial charge in [0.15, 0.2) is 0 Å². The number of amides is 3. The molecular weight excluding hydrogens is 348 g/mol. The molecule has 2 aromatic rings. The third-order valence-electron chi connectivity index (χ3n) is 4.47. The predicted octanol–water partition coefficient (Wildman–Crippen LogP) is 3.30. The first-order valence-corrected chi connectivity index (χ1v) is 9.58. The third-order valence-corrected chi connectivity index (χ3v) is 5.44. The van der Waals surface area contributed by atoms with Gasteiger partial charge in [-0.3, -0.25) is 4.79 Å². The van der Waals surface area contributed by atoms with Gasteiger partial charge in [-0.1, -0.05) is 18.2 Å². The van der Waals surface area contributed by atoms with Crippen LogP contribution in [0.4, 0.5) is 16.2 Å². The van der Waals surface area contributed by atoms with E-state index in [9.17, 15) is 9.59 Å². The third kappa shape index (κ3) is 4.23. The van der Waals surface area contributed by atoms with Crippen molar-refractivity contribution in [2.24, 2.45) is 0 Å². The number of rotatable bonds is 6. The minimum atomic E-state index is -0.271. The number of thiophene rings is 1. The normalized spacial score (nSPS) is 15.3. The van der Waals surface area contributed by atoms with E-state index in [1.807, 2.05) is 49.8 Å². The first-order chi connectivity index (χ1) is 12.6. The number of nitrogens with zero attached hydrogens (tertiary/aromatic N) is 2. The zero-order valence-corrected chi connectivity index (χ0v) is 15.9. The molecule has 0 bridgehead atoms. The maximum absolute atomic E-state index is 12.4. The van der Waals surface area contributed by atoms with Crippen molar-refractivity contribution in [1.82, 2.24) is 10.2 Å². The highest BCUT2D eigenvalue weighted by molar-refractivity contribution is 7.10. The Morgan fingerprint density at radius 1 is 1.27 bits per heavy atom. The second-order valence-corrected chi connectivity index (χ2v) is 7.48. The number of urea groups is 1. The lowest BCUT2D eigenvalue weighted by Crippen LogP contribution is -2.37. The largest absolute Gasteiger partial charge is 0.336 e. The Bertz CT molecular complexity index is 761. The molecule has 1 aromatic heterocycles. The van der Waals surface area contributed by atoms with Gasteiger partial charge in [-0.25, -0.2) is 4.79 Å². The van der Waals surface area contributed by atoms with Gasteiger partial charge >= 0.3 is 6.03 Å². The van der Waals surface area contributed by atoms with E-state index in [1.165, 1.54) is 4.88 Å². The highest BCUT2D eigenvalue weighted by atomic mass is 32.1. The minimum Gasteiger partial charge on any atom is -0.336 e. The van der Waals surface area contributed by atoms with Crippen LogP contribution in [-0.2, 0) is 4.79 Å². The van der Waals surface area contributed by atoms with Crippen LogP contribution in [0.15, 0.2) is 41.8 Å². The van der Waals surface area contributed by atoms with Crippen LogP contribution in [0.3, 0.4) is 0 Å². The number of carbonyl (C=O) groups is 2. The molecule has 7 heteroatoms. The van der Waals surface area contributed by atoms with Crippen molar-refractivity contribution in [2.75, 3.05) is 37.4 Å². The lowest BCUT2D eigenvalue weighted by molar-refractivity contribution is -0.117. The van der Waals surface area contributed by atoms with E-state index >= 15 is 0 Å². The van der Waals surface area contributed by atoms with Gasteiger partial charge in [-0.05, 0) is 44.1 Å². The second-order valence-electron chi connectivity index (χ2n) is 6.50. The molecule has 1 aliphatic heterocycles.